The molecular formula is C18H27NO4. The van der Waals surface area contributed by atoms with E-state index < -0.39 is 12.0 Å². The van der Waals surface area contributed by atoms with Crippen LogP contribution in [0.15, 0.2) is 24.3 Å². The summed E-state index contributed by atoms with van der Waals surface area (Å²) in [6.07, 6.45) is 1.79. The Morgan fingerprint density at radius 2 is 1.78 bits per heavy atom. The number of hydrogen-bond acceptors (Lipinski definition) is 3. The van der Waals surface area contributed by atoms with Crippen LogP contribution in [-0.4, -0.2) is 30.1 Å². The molecule has 0 spiro atoms. The largest absolute Gasteiger partial charge is 0.497 e. The van der Waals surface area contributed by atoms with Gasteiger partial charge in [-0.1, -0.05) is 39.3 Å². The van der Waals surface area contributed by atoms with Crippen molar-refractivity contribution in [2.24, 2.45) is 5.92 Å². The molecule has 0 fully saturated rings. The molecule has 0 bridgehead atoms. The first-order valence-corrected chi connectivity index (χ1v) is 8.08. The van der Waals surface area contributed by atoms with Crippen LogP contribution in [0, 0.1) is 5.92 Å². The van der Waals surface area contributed by atoms with Crippen LogP contribution in [0.3, 0.4) is 0 Å². The summed E-state index contributed by atoms with van der Waals surface area (Å²) in [6, 6.07) is 6.80. The van der Waals surface area contributed by atoms with Gasteiger partial charge in [-0.3, -0.25) is 4.79 Å². The monoisotopic (exact) mass is 321 g/mol. The maximum Gasteiger partial charge on any atom is 0.326 e. The van der Waals surface area contributed by atoms with Crippen molar-refractivity contribution in [3.8, 4) is 5.75 Å². The highest BCUT2D eigenvalue weighted by Crippen LogP contribution is 2.25. The zero-order valence-electron chi connectivity index (χ0n) is 14.3. The zero-order chi connectivity index (χ0) is 17.4. The third kappa shape index (κ3) is 5.58. The van der Waals surface area contributed by atoms with E-state index in [2.05, 4.69) is 5.32 Å². The first-order chi connectivity index (χ1) is 10.9. The summed E-state index contributed by atoms with van der Waals surface area (Å²) >= 11 is 0. The number of aliphatic carboxylic acids is 1. The van der Waals surface area contributed by atoms with E-state index in [1.54, 1.807) is 7.11 Å². The molecule has 23 heavy (non-hydrogen) atoms. The number of rotatable bonds is 9. The summed E-state index contributed by atoms with van der Waals surface area (Å²) in [5, 5.41) is 11.9. The molecule has 0 heterocycles. The Kier molecular flexibility index (Phi) is 7.59. The Morgan fingerprint density at radius 3 is 2.22 bits per heavy atom. The molecule has 0 radical (unpaired) electrons. The number of hydrogen-bond donors (Lipinski definition) is 2. The molecule has 5 heteroatoms. The molecule has 0 aromatic heterocycles. The Hall–Kier alpha value is -2.04. The fraction of sp³-hybridized carbons (Fsp3) is 0.556. The highest BCUT2D eigenvalue weighted by Gasteiger charge is 2.26. The van der Waals surface area contributed by atoms with Crippen molar-refractivity contribution in [2.45, 2.75) is 52.0 Å². The van der Waals surface area contributed by atoms with Crippen LogP contribution in [0.2, 0.25) is 0 Å². The van der Waals surface area contributed by atoms with E-state index in [-0.39, 0.29) is 24.2 Å². The van der Waals surface area contributed by atoms with Crippen LogP contribution < -0.4 is 10.1 Å². The van der Waals surface area contributed by atoms with Gasteiger partial charge < -0.3 is 15.2 Å². The zero-order valence-corrected chi connectivity index (χ0v) is 14.3. The van der Waals surface area contributed by atoms with E-state index in [9.17, 15) is 14.7 Å². The number of carbonyl (C=O) groups is 2. The standard InChI is InChI=1S/C18H27NO4/c1-5-12(3)17(18(21)22)19-16(20)11-13(6-2)14-7-9-15(23-4)10-8-14/h7-10,12-13,17H,5-6,11H2,1-4H3,(H,19,20)(H,21,22). The van der Waals surface area contributed by atoms with E-state index >= 15 is 0 Å². The molecule has 3 atom stereocenters. The quantitative estimate of drug-likeness (QED) is 0.732. The summed E-state index contributed by atoms with van der Waals surface area (Å²) in [6.45, 7) is 5.77. The third-order valence-corrected chi connectivity index (χ3v) is 4.31. The number of carbonyl (C=O) groups excluding carboxylic acids is 1. The topological polar surface area (TPSA) is 75.6 Å². The van der Waals surface area contributed by atoms with Crippen LogP contribution >= 0.6 is 0 Å². The number of benzene rings is 1. The number of nitrogens with one attached hydrogen (secondary N) is 1. The van der Waals surface area contributed by atoms with Crippen molar-refractivity contribution < 1.29 is 19.4 Å². The fourth-order valence-electron chi connectivity index (χ4n) is 2.51. The van der Waals surface area contributed by atoms with Crippen molar-refractivity contribution in [2.75, 3.05) is 7.11 Å². The molecule has 1 rings (SSSR count). The lowest BCUT2D eigenvalue weighted by molar-refractivity contribution is -0.143. The predicted octanol–water partition coefficient (Wildman–Crippen LogP) is 3.19. The van der Waals surface area contributed by atoms with Gasteiger partial charge in [0, 0.05) is 6.42 Å². The van der Waals surface area contributed by atoms with Crippen molar-refractivity contribution >= 4 is 11.9 Å². The summed E-state index contributed by atoms with van der Waals surface area (Å²) < 4.78 is 5.14. The summed E-state index contributed by atoms with van der Waals surface area (Å²) in [5.74, 6) is -0.467. The van der Waals surface area contributed by atoms with Gasteiger partial charge in [0.1, 0.15) is 11.8 Å². The maximum absolute atomic E-state index is 12.2. The maximum atomic E-state index is 12.2. The van der Waals surface area contributed by atoms with E-state index in [4.69, 9.17) is 4.74 Å². The lowest BCUT2D eigenvalue weighted by Crippen LogP contribution is -2.45. The Balaban J connectivity index is 2.73. The van der Waals surface area contributed by atoms with Gasteiger partial charge in [-0.15, -0.1) is 0 Å². The normalized spacial score (nSPS) is 14.6. The molecule has 2 N–H and O–H groups in total. The third-order valence-electron chi connectivity index (χ3n) is 4.31. The van der Waals surface area contributed by atoms with Crippen molar-refractivity contribution in [1.29, 1.82) is 0 Å². The highest BCUT2D eigenvalue weighted by molar-refractivity contribution is 5.84. The molecule has 3 unspecified atom stereocenters. The molecule has 128 valence electrons. The molecule has 0 aliphatic heterocycles. The van der Waals surface area contributed by atoms with Gasteiger partial charge in [-0.05, 0) is 36.0 Å². The minimum absolute atomic E-state index is 0.0623. The predicted molar refractivity (Wildman–Crippen MR) is 89.7 cm³/mol. The van der Waals surface area contributed by atoms with Gasteiger partial charge >= 0.3 is 5.97 Å². The molecule has 0 aliphatic rings. The number of carboxylic acid groups (broad SMARTS) is 1. The molecule has 1 aromatic carbocycles. The van der Waals surface area contributed by atoms with E-state index in [0.29, 0.717) is 6.42 Å². The number of ether oxygens (including phenoxy) is 1. The summed E-state index contributed by atoms with van der Waals surface area (Å²) in [7, 11) is 1.61. The van der Waals surface area contributed by atoms with E-state index in [1.165, 1.54) is 0 Å². The smallest absolute Gasteiger partial charge is 0.326 e. The van der Waals surface area contributed by atoms with Crippen LogP contribution in [0.4, 0.5) is 0 Å². The lowest BCUT2D eigenvalue weighted by Gasteiger charge is -2.22. The van der Waals surface area contributed by atoms with Crippen molar-refractivity contribution in [1.82, 2.24) is 5.32 Å². The van der Waals surface area contributed by atoms with E-state index in [1.807, 2.05) is 45.0 Å². The van der Waals surface area contributed by atoms with E-state index in [0.717, 1.165) is 17.7 Å². The molecule has 1 amide bonds. The van der Waals surface area contributed by atoms with Crippen LogP contribution in [0.5, 0.6) is 5.75 Å². The first kappa shape index (κ1) is 19.0. The SMILES string of the molecule is CCC(CC(=O)NC(C(=O)O)C(C)CC)c1ccc(OC)cc1. The number of methoxy groups -OCH3 is 1. The second-order valence-electron chi connectivity index (χ2n) is 5.85. The second-order valence-corrected chi connectivity index (χ2v) is 5.85. The molecule has 1 aromatic rings. The Bertz CT molecular complexity index is 512. The lowest BCUT2D eigenvalue weighted by atomic mass is 9.92. The van der Waals surface area contributed by atoms with Crippen molar-refractivity contribution in [3.63, 3.8) is 0 Å². The van der Waals surface area contributed by atoms with Gasteiger partial charge in [0.15, 0.2) is 0 Å². The Labute approximate surface area is 138 Å². The minimum atomic E-state index is -0.981. The first-order valence-electron chi connectivity index (χ1n) is 8.08. The summed E-state index contributed by atoms with van der Waals surface area (Å²) in [5.41, 5.74) is 1.05. The molecule has 0 aliphatic carbocycles. The molecule has 0 saturated carbocycles. The van der Waals surface area contributed by atoms with Crippen LogP contribution in [0.1, 0.15) is 51.5 Å². The fourth-order valence-corrected chi connectivity index (χ4v) is 2.51. The van der Waals surface area contributed by atoms with Gasteiger partial charge in [-0.25, -0.2) is 4.79 Å². The van der Waals surface area contributed by atoms with Crippen LogP contribution in [0.25, 0.3) is 0 Å². The molecule has 0 saturated heterocycles. The average molecular weight is 321 g/mol. The summed E-state index contributed by atoms with van der Waals surface area (Å²) in [4.78, 5) is 23.5. The van der Waals surface area contributed by atoms with Crippen LogP contribution in [-0.2, 0) is 9.59 Å². The highest BCUT2D eigenvalue weighted by atomic mass is 16.5. The minimum Gasteiger partial charge on any atom is -0.497 e. The van der Waals surface area contributed by atoms with Gasteiger partial charge in [0.2, 0.25) is 5.91 Å². The number of carboxylic acids is 1. The van der Waals surface area contributed by atoms with Gasteiger partial charge in [-0.2, -0.15) is 0 Å². The molecular weight excluding hydrogens is 294 g/mol. The van der Waals surface area contributed by atoms with Gasteiger partial charge in [0.25, 0.3) is 0 Å². The Morgan fingerprint density at radius 1 is 1.17 bits per heavy atom. The van der Waals surface area contributed by atoms with Crippen molar-refractivity contribution in [3.05, 3.63) is 29.8 Å². The number of amides is 1. The average Bonchev–Trinajstić information content (AvgIpc) is 2.56. The second kappa shape index (κ2) is 9.18. The molecule has 5 nitrogen and oxygen atoms in total. The van der Waals surface area contributed by atoms with Gasteiger partial charge in [0.05, 0.1) is 7.11 Å².